The highest BCUT2D eigenvalue weighted by Gasteiger charge is 2.13. The summed E-state index contributed by atoms with van der Waals surface area (Å²) in [7, 11) is 0. The lowest BCUT2D eigenvalue weighted by atomic mass is 10.1. The monoisotopic (exact) mass is 458 g/mol. The number of hydrogen-bond donors (Lipinski definition) is 1. The van der Waals surface area contributed by atoms with Crippen molar-refractivity contribution in [1.29, 1.82) is 0 Å². The smallest absolute Gasteiger partial charge is 0.303 e. The highest BCUT2D eigenvalue weighted by molar-refractivity contribution is 5.67. The summed E-state index contributed by atoms with van der Waals surface area (Å²) in [6.07, 6.45) is 4.41. The predicted molar refractivity (Wildman–Crippen MR) is 127 cm³/mol. The Hall–Kier alpha value is -4.13. The number of pyridine rings is 1. The summed E-state index contributed by atoms with van der Waals surface area (Å²) in [5.41, 5.74) is 3.58. The molecule has 0 radical (unpaired) electrons. The Balaban J connectivity index is 1.41. The van der Waals surface area contributed by atoms with Crippen LogP contribution in [0.5, 0.6) is 11.5 Å². The highest BCUT2D eigenvalue weighted by Crippen LogP contribution is 2.28. The second-order valence-electron chi connectivity index (χ2n) is 7.79. The van der Waals surface area contributed by atoms with E-state index in [1.165, 1.54) is 0 Å². The van der Waals surface area contributed by atoms with E-state index >= 15 is 0 Å². The molecule has 0 spiro atoms. The Labute approximate surface area is 198 Å². The average molecular weight is 459 g/mol. The summed E-state index contributed by atoms with van der Waals surface area (Å²) in [5.74, 6) is 1.78. The van der Waals surface area contributed by atoms with Gasteiger partial charge < -0.3 is 19.0 Å². The number of carboxylic acids is 1. The van der Waals surface area contributed by atoms with Crippen molar-refractivity contribution in [1.82, 2.24) is 9.97 Å². The van der Waals surface area contributed by atoms with Gasteiger partial charge in [-0.2, -0.15) is 0 Å². The van der Waals surface area contributed by atoms with E-state index in [-0.39, 0.29) is 6.42 Å². The van der Waals surface area contributed by atoms with Gasteiger partial charge in [-0.1, -0.05) is 24.3 Å². The maximum Gasteiger partial charge on any atom is 0.303 e. The molecule has 0 amide bonds. The van der Waals surface area contributed by atoms with Crippen LogP contribution in [-0.4, -0.2) is 27.7 Å². The fourth-order valence-corrected chi connectivity index (χ4v) is 3.48. The molecule has 0 aliphatic heterocycles. The Kier molecular flexibility index (Phi) is 7.55. The third-order valence-corrected chi connectivity index (χ3v) is 5.31. The Morgan fingerprint density at radius 2 is 1.79 bits per heavy atom. The van der Waals surface area contributed by atoms with E-state index in [1.807, 2.05) is 67.6 Å². The van der Waals surface area contributed by atoms with Gasteiger partial charge in [-0.15, -0.1) is 0 Å². The fraction of sp³-hybridized carbons (Fsp3) is 0.222. The number of oxazole rings is 1. The fourth-order valence-electron chi connectivity index (χ4n) is 3.48. The SMILES string of the molecule is Cc1oc(-c2ccccc2)nc1CCOc1ccc(CCC(=O)O)c(OCc2ccncc2)c1. The molecular weight excluding hydrogens is 432 g/mol. The van der Waals surface area contributed by atoms with E-state index in [4.69, 9.17) is 19.0 Å². The van der Waals surface area contributed by atoms with Gasteiger partial charge in [-0.25, -0.2) is 4.98 Å². The summed E-state index contributed by atoms with van der Waals surface area (Å²) in [4.78, 5) is 19.7. The molecule has 0 unspecified atom stereocenters. The predicted octanol–water partition coefficient (Wildman–Crippen LogP) is 5.26. The molecule has 0 saturated carbocycles. The summed E-state index contributed by atoms with van der Waals surface area (Å²) in [5, 5.41) is 9.06. The molecule has 0 saturated heterocycles. The summed E-state index contributed by atoms with van der Waals surface area (Å²) in [6.45, 7) is 2.67. The van der Waals surface area contributed by atoms with Crippen LogP contribution < -0.4 is 9.47 Å². The highest BCUT2D eigenvalue weighted by atomic mass is 16.5. The van der Waals surface area contributed by atoms with Gasteiger partial charge in [-0.05, 0) is 54.8 Å². The largest absolute Gasteiger partial charge is 0.493 e. The van der Waals surface area contributed by atoms with Crippen LogP contribution in [0.1, 0.15) is 29.0 Å². The van der Waals surface area contributed by atoms with Gasteiger partial charge in [0.05, 0.1) is 12.3 Å². The number of carbonyl (C=O) groups is 1. The van der Waals surface area contributed by atoms with Crippen LogP contribution in [0.3, 0.4) is 0 Å². The maximum atomic E-state index is 11.0. The number of rotatable bonds is 11. The van der Waals surface area contributed by atoms with Gasteiger partial charge in [0, 0.05) is 36.9 Å². The van der Waals surface area contributed by atoms with Gasteiger partial charge in [0.1, 0.15) is 23.9 Å². The molecule has 4 rings (SSSR count). The number of aryl methyl sites for hydroxylation is 2. The molecule has 7 nitrogen and oxygen atoms in total. The second kappa shape index (κ2) is 11.1. The zero-order chi connectivity index (χ0) is 23.8. The number of benzene rings is 2. The molecule has 0 fully saturated rings. The quantitative estimate of drug-likeness (QED) is 0.327. The summed E-state index contributed by atoms with van der Waals surface area (Å²) < 4.78 is 17.8. The molecule has 4 aromatic rings. The van der Waals surface area contributed by atoms with Gasteiger partial charge >= 0.3 is 5.97 Å². The summed E-state index contributed by atoms with van der Waals surface area (Å²) in [6, 6.07) is 19.0. The molecule has 7 heteroatoms. The maximum absolute atomic E-state index is 11.0. The standard InChI is InChI=1S/C27H26N2O5/c1-19-24(29-27(34-19)22-5-3-2-4-6-22)13-16-32-23-9-7-21(8-10-26(30)31)25(17-23)33-18-20-11-14-28-15-12-20/h2-7,9,11-12,14-15,17H,8,10,13,16,18H2,1H3,(H,30,31). The number of carboxylic acid groups (broad SMARTS) is 1. The topological polar surface area (TPSA) is 94.7 Å². The van der Waals surface area contributed by atoms with Crippen LogP contribution in [0.25, 0.3) is 11.5 Å². The van der Waals surface area contributed by atoms with Gasteiger partial charge in [0.25, 0.3) is 0 Å². The van der Waals surface area contributed by atoms with Crippen molar-refractivity contribution in [2.24, 2.45) is 0 Å². The number of aromatic nitrogens is 2. The normalized spacial score (nSPS) is 10.7. The lowest BCUT2D eigenvalue weighted by molar-refractivity contribution is -0.136. The molecule has 34 heavy (non-hydrogen) atoms. The molecule has 2 aromatic heterocycles. The van der Waals surface area contributed by atoms with E-state index in [0.717, 1.165) is 28.1 Å². The van der Waals surface area contributed by atoms with Crippen LogP contribution in [0.4, 0.5) is 0 Å². The first-order valence-corrected chi connectivity index (χ1v) is 11.1. The zero-order valence-electron chi connectivity index (χ0n) is 18.9. The molecule has 2 heterocycles. The minimum absolute atomic E-state index is 0.0288. The Morgan fingerprint density at radius 3 is 2.56 bits per heavy atom. The van der Waals surface area contributed by atoms with E-state index in [9.17, 15) is 4.79 Å². The molecule has 0 aliphatic carbocycles. The third kappa shape index (κ3) is 6.22. The molecule has 174 valence electrons. The zero-order valence-corrected chi connectivity index (χ0v) is 18.9. The van der Waals surface area contributed by atoms with Crippen molar-refractivity contribution in [3.05, 3.63) is 95.6 Å². The Morgan fingerprint density at radius 1 is 1.00 bits per heavy atom. The van der Waals surface area contributed by atoms with Crippen molar-refractivity contribution in [2.75, 3.05) is 6.61 Å². The van der Waals surface area contributed by atoms with E-state index < -0.39 is 5.97 Å². The van der Waals surface area contributed by atoms with E-state index in [0.29, 0.717) is 43.4 Å². The van der Waals surface area contributed by atoms with E-state index in [1.54, 1.807) is 12.4 Å². The lowest BCUT2D eigenvalue weighted by Gasteiger charge is -2.14. The van der Waals surface area contributed by atoms with Crippen LogP contribution in [0.15, 0.2) is 77.5 Å². The van der Waals surface area contributed by atoms with E-state index in [2.05, 4.69) is 9.97 Å². The third-order valence-electron chi connectivity index (χ3n) is 5.31. The summed E-state index contributed by atoms with van der Waals surface area (Å²) >= 11 is 0. The first-order chi connectivity index (χ1) is 16.6. The van der Waals surface area contributed by atoms with Crippen molar-refractivity contribution in [3.63, 3.8) is 0 Å². The average Bonchev–Trinajstić information content (AvgIpc) is 3.23. The number of nitrogens with zero attached hydrogens (tertiary/aromatic N) is 2. The molecule has 0 atom stereocenters. The molecule has 0 aliphatic rings. The van der Waals surface area contributed by atoms with Crippen molar-refractivity contribution in [3.8, 4) is 23.0 Å². The molecule has 2 aromatic carbocycles. The van der Waals surface area contributed by atoms with Crippen molar-refractivity contribution >= 4 is 5.97 Å². The molecule has 0 bridgehead atoms. The van der Waals surface area contributed by atoms with Gasteiger partial charge in [-0.3, -0.25) is 9.78 Å². The van der Waals surface area contributed by atoms with Crippen molar-refractivity contribution in [2.45, 2.75) is 32.8 Å². The van der Waals surface area contributed by atoms with Crippen LogP contribution in [-0.2, 0) is 24.2 Å². The van der Waals surface area contributed by atoms with Crippen LogP contribution >= 0.6 is 0 Å². The number of ether oxygens (including phenoxy) is 2. The van der Waals surface area contributed by atoms with Crippen molar-refractivity contribution < 1.29 is 23.8 Å². The Bertz CT molecular complexity index is 1220. The lowest BCUT2D eigenvalue weighted by Crippen LogP contribution is -2.05. The minimum atomic E-state index is -0.849. The first-order valence-electron chi connectivity index (χ1n) is 11.1. The number of aliphatic carboxylic acids is 1. The molecule has 1 N–H and O–H groups in total. The first kappa shape index (κ1) is 23.0. The molecular formula is C27H26N2O5. The minimum Gasteiger partial charge on any atom is -0.493 e. The van der Waals surface area contributed by atoms with Crippen LogP contribution in [0.2, 0.25) is 0 Å². The van der Waals surface area contributed by atoms with Crippen LogP contribution in [0, 0.1) is 6.92 Å². The number of hydrogen-bond acceptors (Lipinski definition) is 6. The second-order valence-corrected chi connectivity index (χ2v) is 7.79. The van der Waals surface area contributed by atoms with Gasteiger partial charge in [0.2, 0.25) is 5.89 Å². The van der Waals surface area contributed by atoms with Gasteiger partial charge in [0.15, 0.2) is 0 Å².